The second kappa shape index (κ2) is 5.39. The molecule has 0 aromatic heterocycles. The maximum atomic E-state index is 12.0. The molecule has 0 heterocycles. The van der Waals surface area contributed by atoms with E-state index in [9.17, 15) is 4.57 Å². The summed E-state index contributed by atoms with van der Waals surface area (Å²) in [5.41, 5.74) is 9.08. The first-order valence-corrected chi connectivity index (χ1v) is 6.19. The molecule has 0 bridgehead atoms. The van der Waals surface area contributed by atoms with Crippen molar-refractivity contribution in [1.82, 2.24) is 0 Å². The maximum Gasteiger partial charge on any atom is 0.442 e. The van der Waals surface area contributed by atoms with Crippen LogP contribution in [0.5, 0.6) is 0 Å². The van der Waals surface area contributed by atoms with Crippen molar-refractivity contribution < 1.29 is 18.4 Å². The predicted octanol–water partition coefficient (Wildman–Crippen LogP) is 2.80. The molecule has 7 heteroatoms. The highest BCUT2D eigenvalue weighted by Crippen LogP contribution is 2.49. The molecule has 0 saturated heterocycles. The normalized spacial score (nSPS) is 10.9. The van der Waals surface area contributed by atoms with Crippen LogP contribution in [0.1, 0.15) is 5.56 Å². The summed E-state index contributed by atoms with van der Waals surface area (Å²) in [4.78, 5) is 2.96. The molecule has 0 aliphatic carbocycles. The number of halogens is 1. The van der Waals surface area contributed by atoms with E-state index in [1.807, 2.05) is 0 Å². The van der Waals surface area contributed by atoms with Crippen LogP contribution in [0.4, 0.5) is 0 Å². The van der Waals surface area contributed by atoms with Gasteiger partial charge < -0.3 is 14.6 Å². The molecule has 0 amide bonds. The minimum absolute atomic E-state index is 0.181. The zero-order valence-corrected chi connectivity index (χ0v) is 10.4. The molecule has 16 heavy (non-hydrogen) atoms. The van der Waals surface area contributed by atoms with E-state index in [0.29, 0.717) is 10.6 Å². The fourth-order valence-electron chi connectivity index (χ4n) is 1.15. The molecule has 0 spiro atoms. The molecule has 0 saturated carbocycles. The van der Waals surface area contributed by atoms with Gasteiger partial charge in [-0.3, -0.25) is 0 Å². The summed E-state index contributed by atoms with van der Waals surface area (Å²) in [6.45, 7) is 0. The Kier molecular flexibility index (Phi) is 4.42. The molecular weight excluding hydrogens is 251 g/mol. The highest BCUT2D eigenvalue weighted by Gasteiger charge is 2.39. The Morgan fingerprint density at radius 2 is 2.06 bits per heavy atom. The van der Waals surface area contributed by atoms with Gasteiger partial charge in [-0.2, -0.15) is 4.79 Å². The summed E-state index contributed by atoms with van der Waals surface area (Å²) in [7, 11) is -1.17. The lowest BCUT2D eigenvalue weighted by Gasteiger charge is -2.08. The number of nitrogens with zero attached hydrogens (tertiary/aromatic N) is 2. The summed E-state index contributed by atoms with van der Waals surface area (Å²) < 4.78 is 21.5. The fraction of sp³-hybridized carbons (Fsp3) is 0.222. The zero-order valence-electron chi connectivity index (χ0n) is 8.75. The molecule has 1 aromatic rings. The van der Waals surface area contributed by atoms with Gasteiger partial charge in [-0.25, -0.2) is 4.57 Å². The molecule has 0 radical (unpaired) electrons. The summed E-state index contributed by atoms with van der Waals surface area (Å²) in [5, 5.41) is 0.428. The van der Waals surface area contributed by atoms with Crippen LogP contribution in [-0.4, -0.2) is 24.5 Å². The van der Waals surface area contributed by atoms with Gasteiger partial charge in [0.1, 0.15) is 0 Å². The molecule has 0 atom stereocenters. The van der Waals surface area contributed by atoms with Crippen molar-refractivity contribution >= 4 is 24.6 Å². The fourth-order valence-corrected chi connectivity index (χ4v) is 2.40. The molecule has 0 aliphatic rings. The van der Waals surface area contributed by atoms with Gasteiger partial charge in [0.15, 0.2) is 0 Å². The van der Waals surface area contributed by atoms with E-state index in [2.05, 4.69) is 4.79 Å². The van der Waals surface area contributed by atoms with Crippen molar-refractivity contribution in [2.45, 2.75) is 0 Å². The lowest BCUT2D eigenvalue weighted by atomic mass is 10.2. The molecule has 0 N–H and O–H groups in total. The van der Waals surface area contributed by atoms with E-state index in [1.165, 1.54) is 20.3 Å². The van der Waals surface area contributed by atoms with E-state index >= 15 is 0 Å². The molecule has 0 unspecified atom stereocenters. The third-order valence-corrected chi connectivity index (χ3v) is 3.98. The first-order chi connectivity index (χ1) is 7.57. The molecule has 1 aromatic carbocycles. The Morgan fingerprint density at radius 3 is 2.50 bits per heavy atom. The van der Waals surface area contributed by atoms with E-state index in [4.69, 9.17) is 26.2 Å². The van der Waals surface area contributed by atoms with E-state index in [-0.39, 0.29) is 5.45 Å². The van der Waals surface area contributed by atoms with Crippen LogP contribution in [0, 0.1) is 0 Å². The highest BCUT2D eigenvalue weighted by molar-refractivity contribution is 7.72. The van der Waals surface area contributed by atoms with Crippen LogP contribution in [-0.2, 0) is 13.6 Å². The van der Waals surface area contributed by atoms with E-state index in [1.54, 1.807) is 18.2 Å². The number of benzene rings is 1. The van der Waals surface area contributed by atoms with Crippen LogP contribution < -0.4 is 0 Å². The molecule has 0 aliphatic heterocycles. The van der Waals surface area contributed by atoms with Crippen LogP contribution in [0.2, 0.25) is 5.02 Å². The van der Waals surface area contributed by atoms with Gasteiger partial charge in [0.2, 0.25) is 0 Å². The van der Waals surface area contributed by atoms with Crippen molar-refractivity contribution in [3.8, 4) is 0 Å². The van der Waals surface area contributed by atoms with Crippen molar-refractivity contribution in [2.75, 3.05) is 14.2 Å². The lowest BCUT2D eigenvalue weighted by Crippen LogP contribution is -2.06. The van der Waals surface area contributed by atoms with Gasteiger partial charge in [-0.05, 0) is 18.2 Å². The quantitative estimate of drug-likeness (QED) is 0.362. The molecular formula is C9H10ClN2O3P. The van der Waals surface area contributed by atoms with Crippen LogP contribution >= 0.6 is 19.2 Å². The smallest absolute Gasteiger partial charge is 0.360 e. The summed E-state index contributed by atoms with van der Waals surface area (Å²) >= 11 is 5.77. The minimum atomic E-state index is -3.59. The summed E-state index contributed by atoms with van der Waals surface area (Å²) in [6.07, 6.45) is 0. The highest BCUT2D eigenvalue weighted by atomic mass is 35.5. The van der Waals surface area contributed by atoms with Crippen molar-refractivity contribution in [1.29, 1.82) is 0 Å². The largest absolute Gasteiger partial charge is 0.442 e. The van der Waals surface area contributed by atoms with Gasteiger partial charge in [-0.15, -0.1) is 0 Å². The SMILES string of the molecule is COP(=O)(OC)C(=[N+]=[N-])c1cccc(Cl)c1. The van der Waals surface area contributed by atoms with Gasteiger partial charge >= 0.3 is 13.0 Å². The Morgan fingerprint density at radius 1 is 1.44 bits per heavy atom. The van der Waals surface area contributed by atoms with Gasteiger partial charge in [0.05, 0.1) is 5.56 Å². The summed E-state index contributed by atoms with van der Waals surface area (Å²) in [6, 6.07) is 6.37. The molecule has 86 valence electrons. The third kappa shape index (κ3) is 2.59. The van der Waals surface area contributed by atoms with Crippen LogP contribution in [0.15, 0.2) is 24.3 Å². The predicted molar refractivity (Wildman–Crippen MR) is 60.8 cm³/mol. The maximum absolute atomic E-state index is 12.0. The Labute approximate surface area is 98.1 Å². The van der Waals surface area contributed by atoms with E-state index in [0.717, 1.165) is 0 Å². The standard InChI is InChI=1S/C9H10ClN2O3P/c1-14-16(13,15-2)9(12-11)7-4-3-5-8(10)6-7/h3-6H,1-2H3. The molecule has 0 fully saturated rings. The first-order valence-electron chi connectivity index (χ1n) is 4.27. The van der Waals surface area contributed by atoms with Crippen molar-refractivity contribution in [2.24, 2.45) is 0 Å². The second-order valence-electron chi connectivity index (χ2n) is 2.80. The van der Waals surface area contributed by atoms with Crippen molar-refractivity contribution in [3.63, 3.8) is 0 Å². The van der Waals surface area contributed by atoms with Crippen LogP contribution in [0.3, 0.4) is 0 Å². The third-order valence-electron chi connectivity index (χ3n) is 1.92. The van der Waals surface area contributed by atoms with E-state index < -0.39 is 7.60 Å². The topological polar surface area (TPSA) is 71.9 Å². The number of hydrogen-bond acceptors (Lipinski definition) is 3. The van der Waals surface area contributed by atoms with Crippen molar-refractivity contribution in [3.05, 3.63) is 40.4 Å². The number of hydrogen-bond donors (Lipinski definition) is 0. The van der Waals surface area contributed by atoms with Crippen LogP contribution in [0.25, 0.3) is 5.53 Å². The monoisotopic (exact) mass is 260 g/mol. The first kappa shape index (κ1) is 13.1. The summed E-state index contributed by atoms with van der Waals surface area (Å²) in [5.74, 6) is 0. The Hall–Kier alpha value is -0.960. The zero-order chi connectivity index (χ0) is 12.2. The average Bonchev–Trinajstić information content (AvgIpc) is 2.30. The second-order valence-corrected chi connectivity index (χ2v) is 5.38. The Balaban J connectivity index is 3.30. The molecule has 5 nitrogen and oxygen atoms in total. The lowest BCUT2D eigenvalue weighted by molar-refractivity contribution is -0.00212. The minimum Gasteiger partial charge on any atom is -0.360 e. The van der Waals surface area contributed by atoms with Gasteiger partial charge in [0, 0.05) is 19.2 Å². The van der Waals surface area contributed by atoms with Gasteiger partial charge in [-0.1, -0.05) is 17.7 Å². The number of rotatable bonds is 4. The Bertz CT molecular complexity index is 477. The average molecular weight is 261 g/mol. The van der Waals surface area contributed by atoms with Gasteiger partial charge in [0.25, 0.3) is 0 Å². The molecule has 1 rings (SSSR count).